The first-order valence-electron chi connectivity index (χ1n) is 6.17. The maximum absolute atomic E-state index is 9.56. The molecule has 1 N–H and O–H groups in total. The highest BCUT2D eigenvalue weighted by atomic mass is 16.3. The Labute approximate surface area is 105 Å². The highest BCUT2D eigenvalue weighted by molar-refractivity contribution is 5.78. The van der Waals surface area contributed by atoms with Gasteiger partial charge in [-0.15, -0.1) is 0 Å². The van der Waals surface area contributed by atoms with Crippen LogP contribution in [0.1, 0.15) is 11.1 Å². The molecule has 0 unspecified atom stereocenters. The first-order chi connectivity index (χ1) is 8.83. The van der Waals surface area contributed by atoms with Crippen molar-refractivity contribution >= 4 is 18.2 Å². The highest BCUT2D eigenvalue weighted by Gasteiger charge is 2.13. The van der Waals surface area contributed by atoms with Crippen LogP contribution in [0.4, 0.5) is 0 Å². The zero-order valence-electron chi connectivity index (χ0n) is 9.85. The van der Waals surface area contributed by atoms with Gasteiger partial charge in [-0.1, -0.05) is 42.5 Å². The van der Waals surface area contributed by atoms with E-state index in [-0.39, 0.29) is 0 Å². The van der Waals surface area contributed by atoms with Gasteiger partial charge in [-0.25, -0.2) is 0 Å². The molecule has 0 aromatic heterocycles. The van der Waals surface area contributed by atoms with E-state index in [1.165, 1.54) is 32.7 Å². The molecule has 0 spiro atoms. The van der Waals surface area contributed by atoms with Gasteiger partial charge < -0.3 is 5.11 Å². The molecule has 1 heteroatoms. The number of allylic oxidation sites excluding steroid dienone is 1. The van der Waals surface area contributed by atoms with E-state index < -0.39 is 0 Å². The van der Waals surface area contributed by atoms with Crippen LogP contribution in [-0.2, 0) is 6.42 Å². The maximum atomic E-state index is 9.56. The van der Waals surface area contributed by atoms with Gasteiger partial charge in [-0.3, -0.25) is 0 Å². The predicted molar refractivity (Wildman–Crippen MR) is 74.5 cm³/mol. The van der Waals surface area contributed by atoms with Gasteiger partial charge in [-0.05, 0) is 51.2 Å². The summed E-state index contributed by atoms with van der Waals surface area (Å²) in [6.07, 6.45) is 9.58. The topological polar surface area (TPSA) is 20.2 Å². The third kappa shape index (κ3) is 1.22. The third-order valence-corrected chi connectivity index (χ3v) is 3.76. The molecule has 2 aromatic rings. The first-order valence-corrected chi connectivity index (χ1v) is 6.17. The Morgan fingerprint density at radius 1 is 0.944 bits per heavy atom. The largest absolute Gasteiger partial charge is 0.508 e. The van der Waals surface area contributed by atoms with E-state index >= 15 is 0 Å². The average molecular weight is 232 g/mol. The molecule has 4 rings (SSSR count). The summed E-state index contributed by atoms with van der Waals surface area (Å²) in [7, 11) is 0. The fourth-order valence-corrected chi connectivity index (χ4v) is 2.91. The van der Waals surface area contributed by atoms with Gasteiger partial charge >= 0.3 is 0 Å². The summed E-state index contributed by atoms with van der Waals surface area (Å²) in [6.45, 7) is 0. The number of hydrogen-bond acceptors (Lipinski definition) is 1. The summed E-state index contributed by atoms with van der Waals surface area (Å²) in [4.78, 5) is 0. The van der Waals surface area contributed by atoms with E-state index in [0.717, 1.165) is 6.42 Å². The second-order valence-electron chi connectivity index (χ2n) is 4.81. The second kappa shape index (κ2) is 3.36. The summed E-state index contributed by atoms with van der Waals surface area (Å²) in [6, 6.07) is 10.0. The lowest BCUT2D eigenvalue weighted by atomic mass is 9.89. The van der Waals surface area contributed by atoms with Crippen molar-refractivity contribution in [1.29, 1.82) is 0 Å². The van der Waals surface area contributed by atoms with E-state index in [1.807, 2.05) is 12.1 Å². The zero-order chi connectivity index (χ0) is 12.1. The molecule has 0 saturated carbocycles. The fraction of sp³-hybridized carbons (Fsp3) is 0.0588. The van der Waals surface area contributed by atoms with Crippen LogP contribution >= 0.6 is 0 Å². The van der Waals surface area contributed by atoms with E-state index in [2.05, 4.69) is 36.4 Å². The Bertz CT molecular complexity index is 810. The minimum atomic E-state index is 0.347. The Kier molecular flexibility index (Phi) is 1.81. The summed E-state index contributed by atoms with van der Waals surface area (Å²) in [5.41, 5.74) is 5.02. The molecule has 86 valence electrons. The smallest absolute Gasteiger partial charge is 0.115 e. The van der Waals surface area contributed by atoms with E-state index in [0.29, 0.717) is 5.75 Å². The van der Waals surface area contributed by atoms with Crippen LogP contribution in [0.25, 0.3) is 29.4 Å². The lowest BCUT2D eigenvalue weighted by molar-refractivity contribution is 0.475. The van der Waals surface area contributed by atoms with Crippen molar-refractivity contribution in [3.8, 4) is 16.9 Å². The molecule has 0 bridgehead atoms. The molecular weight excluding hydrogens is 220 g/mol. The fourth-order valence-electron chi connectivity index (χ4n) is 2.91. The van der Waals surface area contributed by atoms with Crippen LogP contribution in [-0.4, -0.2) is 5.11 Å². The van der Waals surface area contributed by atoms with Crippen LogP contribution < -0.4 is 10.4 Å². The Morgan fingerprint density at radius 3 is 2.78 bits per heavy atom. The van der Waals surface area contributed by atoms with Gasteiger partial charge in [0.05, 0.1) is 0 Å². The number of phenolic OH excluding ortho intramolecular Hbond substituents is 1. The standard InChI is InChI=1S/C17H12O/c18-13-6-9-15-12(10-13)5-8-16-14-3-1-2-11(14)4-7-17(15)16/h1-4,6-10,18H,5H2. The lowest BCUT2D eigenvalue weighted by Crippen LogP contribution is -2.30. The quantitative estimate of drug-likeness (QED) is 0.738. The number of benzene rings is 2. The summed E-state index contributed by atoms with van der Waals surface area (Å²) in [5, 5.41) is 12.2. The van der Waals surface area contributed by atoms with Crippen molar-refractivity contribution in [2.75, 3.05) is 0 Å². The molecule has 2 aromatic carbocycles. The molecule has 0 fully saturated rings. The van der Waals surface area contributed by atoms with Crippen molar-refractivity contribution in [2.24, 2.45) is 0 Å². The van der Waals surface area contributed by atoms with Crippen molar-refractivity contribution in [3.63, 3.8) is 0 Å². The highest BCUT2D eigenvalue weighted by Crippen LogP contribution is 2.28. The molecular formula is C17H12O. The number of rotatable bonds is 0. The summed E-state index contributed by atoms with van der Waals surface area (Å²) >= 11 is 0. The van der Waals surface area contributed by atoms with Crippen molar-refractivity contribution in [3.05, 3.63) is 58.0 Å². The van der Waals surface area contributed by atoms with Crippen molar-refractivity contribution in [1.82, 2.24) is 0 Å². The van der Waals surface area contributed by atoms with Crippen molar-refractivity contribution < 1.29 is 5.11 Å². The van der Waals surface area contributed by atoms with Gasteiger partial charge in [0.2, 0.25) is 0 Å². The van der Waals surface area contributed by atoms with Gasteiger partial charge in [0.1, 0.15) is 5.75 Å². The van der Waals surface area contributed by atoms with Crippen LogP contribution in [0.3, 0.4) is 0 Å². The van der Waals surface area contributed by atoms with Crippen molar-refractivity contribution in [2.45, 2.75) is 6.42 Å². The SMILES string of the molecule is Oc1ccc2c(c1)CC=c1c-2ccc2c1=CC=C2. The van der Waals surface area contributed by atoms with Crippen LogP contribution in [0, 0.1) is 0 Å². The predicted octanol–water partition coefficient (Wildman–Crippen LogP) is 2.20. The maximum Gasteiger partial charge on any atom is 0.115 e. The van der Waals surface area contributed by atoms with E-state index in [9.17, 15) is 5.11 Å². The van der Waals surface area contributed by atoms with Crippen LogP contribution in [0.5, 0.6) is 5.75 Å². The third-order valence-electron chi connectivity index (χ3n) is 3.76. The molecule has 0 atom stereocenters. The van der Waals surface area contributed by atoms with E-state index in [1.54, 1.807) is 6.07 Å². The van der Waals surface area contributed by atoms with Gasteiger partial charge in [0.15, 0.2) is 0 Å². The number of phenols is 1. The molecule has 2 aliphatic carbocycles. The summed E-state index contributed by atoms with van der Waals surface area (Å²) < 4.78 is 0. The zero-order valence-corrected chi connectivity index (χ0v) is 9.85. The average Bonchev–Trinajstić information content (AvgIpc) is 2.86. The molecule has 2 aliphatic rings. The van der Waals surface area contributed by atoms with Crippen LogP contribution in [0.2, 0.25) is 0 Å². The normalized spacial score (nSPS) is 14.2. The minimum Gasteiger partial charge on any atom is -0.508 e. The molecule has 0 amide bonds. The molecule has 18 heavy (non-hydrogen) atoms. The number of fused-ring (bicyclic) bond motifs is 5. The molecule has 0 aliphatic heterocycles. The summed E-state index contributed by atoms with van der Waals surface area (Å²) in [5.74, 6) is 0.347. The molecule has 0 radical (unpaired) electrons. The number of aromatic hydroxyl groups is 1. The van der Waals surface area contributed by atoms with E-state index in [4.69, 9.17) is 0 Å². The number of hydrogen-bond donors (Lipinski definition) is 1. The van der Waals surface area contributed by atoms with Gasteiger partial charge in [0.25, 0.3) is 0 Å². The Balaban J connectivity index is 2.09. The van der Waals surface area contributed by atoms with Crippen LogP contribution in [0.15, 0.2) is 36.4 Å². The molecule has 1 nitrogen and oxygen atoms in total. The second-order valence-corrected chi connectivity index (χ2v) is 4.81. The van der Waals surface area contributed by atoms with Gasteiger partial charge in [0, 0.05) is 0 Å². The Hall–Kier alpha value is -2.28. The first kappa shape index (κ1) is 9.72. The molecule has 0 heterocycles. The lowest BCUT2D eigenvalue weighted by Gasteiger charge is -2.15. The molecule has 0 saturated heterocycles. The monoisotopic (exact) mass is 232 g/mol. The Morgan fingerprint density at radius 2 is 1.83 bits per heavy atom. The minimum absolute atomic E-state index is 0.347. The van der Waals surface area contributed by atoms with Gasteiger partial charge in [-0.2, -0.15) is 0 Å².